The molecular weight excluding hydrogens is 408 g/mol. The molecule has 0 atom stereocenters. The summed E-state index contributed by atoms with van der Waals surface area (Å²) >= 11 is 0. The Morgan fingerprint density at radius 3 is 2.31 bits per heavy atom. The Kier molecular flexibility index (Phi) is 7.28. The maximum Gasteiger partial charge on any atom is 0.573 e. The number of ether oxygens (including phenoxy) is 3. The van der Waals surface area contributed by atoms with Crippen molar-refractivity contribution in [1.29, 1.82) is 0 Å². The monoisotopic (exact) mass is 427 g/mol. The van der Waals surface area contributed by atoms with E-state index >= 15 is 0 Å². The van der Waals surface area contributed by atoms with E-state index in [1.807, 2.05) is 0 Å². The minimum atomic E-state index is -4.89. The van der Waals surface area contributed by atoms with Gasteiger partial charge in [-0.3, -0.25) is 10.3 Å². The first kappa shape index (κ1) is 22.7. The fourth-order valence-electron chi connectivity index (χ4n) is 2.46. The van der Waals surface area contributed by atoms with Crippen LogP contribution in [-0.2, 0) is 4.84 Å². The van der Waals surface area contributed by atoms with Gasteiger partial charge >= 0.3 is 12.5 Å². The van der Waals surface area contributed by atoms with Crippen molar-refractivity contribution in [3.63, 3.8) is 0 Å². The van der Waals surface area contributed by atoms with Gasteiger partial charge in [0.25, 0.3) is 0 Å². The molecule has 0 radical (unpaired) electrons. The maximum absolute atomic E-state index is 12.9. The van der Waals surface area contributed by atoms with Crippen molar-refractivity contribution in [3.8, 4) is 17.2 Å². The highest BCUT2D eigenvalue weighted by Gasteiger charge is 2.36. The number of alkyl halides is 6. The molecule has 0 spiro atoms. The predicted octanol–water partition coefficient (Wildman–Crippen LogP) is 5.25. The van der Waals surface area contributed by atoms with Gasteiger partial charge in [-0.05, 0) is 37.0 Å². The summed E-state index contributed by atoms with van der Waals surface area (Å²) < 4.78 is 90.0. The van der Waals surface area contributed by atoms with Crippen LogP contribution in [0.5, 0.6) is 17.2 Å². The highest BCUT2D eigenvalue weighted by molar-refractivity contribution is 5.47. The SMILES string of the molecule is CON/C=C(\C=C(/CC(F)(F)F)C1CC1)Oc1ccc(OC(F)(F)F)cc1OC. The summed E-state index contributed by atoms with van der Waals surface area (Å²) in [6.45, 7) is 0. The lowest BCUT2D eigenvalue weighted by Crippen LogP contribution is -2.17. The van der Waals surface area contributed by atoms with E-state index in [1.165, 1.54) is 26.5 Å². The molecule has 1 saturated carbocycles. The molecule has 0 unspecified atom stereocenters. The van der Waals surface area contributed by atoms with Gasteiger partial charge in [-0.25, -0.2) is 0 Å². The quantitative estimate of drug-likeness (QED) is 0.252. The summed E-state index contributed by atoms with van der Waals surface area (Å²) in [5, 5.41) is 0. The third-order valence-corrected chi connectivity index (χ3v) is 3.75. The van der Waals surface area contributed by atoms with E-state index in [-0.39, 0.29) is 28.7 Å². The largest absolute Gasteiger partial charge is 0.573 e. The molecule has 1 fully saturated rings. The Bertz CT molecular complexity index is 754. The first-order valence-corrected chi connectivity index (χ1v) is 8.38. The van der Waals surface area contributed by atoms with Gasteiger partial charge in [-0.1, -0.05) is 5.57 Å². The number of halogens is 6. The molecule has 0 amide bonds. The van der Waals surface area contributed by atoms with Crippen LogP contribution in [0, 0.1) is 5.92 Å². The Labute approximate surface area is 162 Å². The highest BCUT2D eigenvalue weighted by atomic mass is 19.4. The number of hydrogen-bond acceptors (Lipinski definition) is 5. The van der Waals surface area contributed by atoms with E-state index in [1.54, 1.807) is 0 Å². The molecule has 162 valence electrons. The van der Waals surface area contributed by atoms with Gasteiger partial charge in [-0.15, -0.1) is 13.2 Å². The first-order valence-electron chi connectivity index (χ1n) is 8.38. The lowest BCUT2D eigenvalue weighted by atomic mass is 10.1. The molecule has 1 aromatic carbocycles. The van der Waals surface area contributed by atoms with Gasteiger partial charge in [0, 0.05) is 6.07 Å². The van der Waals surface area contributed by atoms with Crippen LogP contribution in [0.2, 0.25) is 0 Å². The molecule has 0 bridgehead atoms. The standard InChI is InChI=1S/C18H19F6NO4/c1-26-16-8-13(29-18(22,23)24)5-6-15(16)28-14(10-25-27-2)7-12(11-3-4-11)9-17(19,20)21/h5-8,10-11,25H,3-4,9H2,1-2H3/b12-7+,14-10+. The minimum Gasteiger partial charge on any atom is -0.493 e. The van der Waals surface area contributed by atoms with Crippen molar-refractivity contribution in [1.82, 2.24) is 5.48 Å². The highest BCUT2D eigenvalue weighted by Crippen LogP contribution is 2.42. The number of rotatable bonds is 9. The molecule has 0 heterocycles. The summed E-state index contributed by atoms with van der Waals surface area (Å²) in [5.41, 5.74) is 2.49. The van der Waals surface area contributed by atoms with Gasteiger partial charge in [-0.2, -0.15) is 13.2 Å². The molecule has 1 aromatic rings. The minimum absolute atomic E-state index is 0.0235. The molecule has 2 rings (SSSR count). The lowest BCUT2D eigenvalue weighted by molar-refractivity contribution is -0.274. The van der Waals surface area contributed by atoms with Crippen LogP contribution in [-0.4, -0.2) is 26.8 Å². The van der Waals surface area contributed by atoms with Crippen molar-refractivity contribution in [2.45, 2.75) is 31.8 Å². The molecule has 0 aromatic heterocycles. The number of methoxy groups -OCH3 is 1. The molecular formula is C18H19F6NO4. The van der Waals surface area contributed by atoms with Crippen LogP contribution in [0.15, 0.2) is 41.8 Å². The third-order valence-electron chi connectivity index (χ3n) is 3.75. The van der Waals surface area contributed by atoms with E-state index in [2.05, 4.69) is 15.1 Å². The van der Waals surface area contributed by atoms with Gasteiger partial charge in [0.2, 0.25) is 0 Å². The fourth-order valence-corrected chi connectivity index (χ4v) is 2.46. The summed E-state index contributed by atoms with van der Waals surface area (Å²) in [7, 11) is 2.49. The average Bonchev–Trinajstić information content (AvgIpc) is 3.42. The van der Waals surface area contributed by atoms with Crippen molar-refractivity contribution in [2.75, 3.05) is 14.2 Å². The molecule has 11 heteroatoms. The van der Waals surface area contributed by atoms with Crippen molar-refractivity contribution in [3.05, 3.63) is 41.8 Å². The average molecular weight is 427 g/mol. The van der Waals surface area contributed by atoms with Gasteiger partial charge < -0.3 is 14.2 Å². The van der Waals surface area contributed by atoms with E-state index in [9.17, 15) is 26.3 Å². The van der Waals surface area contributed by atoms with E-state index in [4.69, 9.17) is 9.47 Å². The molecule has 0 saturated heterocycles. The normalized spacial score (nSPS) is 15.9. The van der Waals surface area contributed by atoms with Crippen LogP contribution in [0.25, 0.3) is 0 Å². The molecule has 5 nitrogen and oxygen atoms in total. The fraction of sp³-hybridized carbons (Fsp3) is 0.444. The van der Waals surface area contributed by atoms with Gasteiger partial charge in [0.1, 0.15) is 11.5 Å². The zero-order valence-corrected chi connectivity index (χ0v) is 15.5. The van der Waals surface area contributed by atoms with Crippen LogP contribution >= 0.6 is 0 Å². The number of hydrogen-bond donors (Lipinski definition) is 1. The summed E-state index contributed by atoms with van der Waals surface area (Å²) in [5.74, 6) is -0.901. The topological polar surface area (TPSA) is 49.0 Å². The molecule has 29 heavy (non-hydrogen) atoms. The van der Waals surface area contributed by atoms with Crippen molar-refractivity contribution >= 4 is 0 Å². The predicted molar refractivity (Wildman–Crippen MR) is 90.0 cm³/mol. The number of nitrogens with one attached hydrogen (secondary N) is 1. The van der Waals surface area contributed by atoms with Crippen LogP contribution in [0.3, 0.4) is 0 Å². The van der Waals surface area contributed by atoms with Crippen molar-refractivity contribution < 1.29 is 45.4 Å². The third kappa shape index (κ3) is 8.14. The van der Waals surface area contributed by atoms with E-state index in [0.717, 1.165) is 18.2 Å². The van der Waals surface area contributed by atoms with Gasteiger partial charge in [0.05, 0.1) is 26.8 Å². The van der Waals surface area contributed by atoms with Crippen LogP contribution < -0.4 is 19.7 Å². The molecule has 1 aliphatic carbocycles. The zero-order chi connectivity index (χ0) is 21.7. The summed E-state index contributed by atoms with van der Waals surface area (Å²) in [6, 6.07) is 3.09. The summed E-state index contributed by atoms with van der Waals surface area (Å²) in [4.78, 5) is 4.67. The molecule has 0 aliphatic heterocycles. The second-order valence-electron chi connectivity index (χ2n) is 6.12. The van der Waals surface area contributed by atoms with E-state index in [0.29, 0.717) is 12.8 Å². The van der Waals surface area contributed by atoms with Crippen molar-refractivity contribution in [2.24, 2.45) is 5.92 Å². The lowest BCUT2D eigenvalue weighted by Gasteiger charge is -2.15. The zero-order valence-electron chi connectivity index (χ0n) is 15.5. The van der Waals surface area contributed by atoms with Gasteiger partial charge in [0.15, 0.2) is 11.5 Å². The second-order valence-corrected chi connectivity index (χ2v) is 6.12. The maximum atomic E-state index is 12.9. The number of allylic oxidation sites excluding steroid dienone is 2. The van der Waals surface area contributed by atoms with E-state index < -0.39 is 24.7 Å². The Morgan fingerprint density at radius 1 is 1.10 bits per heavy atom. The Hall–Kier alpha value is -2.56. The van der Waals surface area contributed by atoms with Crippen LogP contribution in [0.1, 0.15) is 19.3 Å². The first-order chi connectivity index (χ1) is 13.5. The second kappa shape index (κ2) is 9.29. The smallest absolute Gasteiger partial charge is 0.493 e. The molecule has 1 aliphatic rings. The van der Waals surface area contributed by atoms with Crippen LogP contribution in [0.4, 0.5) is 26.3 Å². The number of benzene rings is 1. The summed E-state index contributed by atoms with van der Waals surface area (Å²) in [6.07, 6.45) is -6.68. The number of hydroxylamine groups is 1. The Morgan fingerprint density at radius 2 is 1.79 bits per heavy atom. The Balaban J connectivity index is 2.29. The molecule has 1 N–H and O–H groups in total.